The highest BCUT2D eigenvalue weighted by atomic mass is 127. The van der Waals surface area contributed by atoms with Crippen LogP contribution in [0.2, 0.25) is 0 Å². The minimum atomic E-state index is -1.79. The number of fused-ring (bicyclic) bond motifs is 3. The van der Waals surface area contributed by atoms with Gasteiger partial charge in [-0.1, -0.05) is 18.2 Å². The summed E-state index contributed by atoms with van der Waals surface area (Å²) >= 11 is 0. The number of carboxylic acid groups (broad SMARTS) is 1. The zero-order chi connectivity index (χ0) is 19.6. The first kappa shape index (κ1) is 20.2. The van der Waals surface area contributed by atoms with Crippen molar-refractivity contribution in [3.8, 4) is 0 Å². The second kappa shape index (κ2) is 7.46. The molecular formula is C26H24IO2P. The zero-order valence-corrected chi connectivity index (χ0v) is 19.9. The van der Waals surface area contributed by atoms with Crippen LogP contribution in [0.3, 0.4) is 0 Å². The first-order chi connectivity index (χ1) is 14.1. The summed E-state index contributed by atoms with van der Waals surface area (Å²) in [6.07, 6.45) is 6.41. The molecule has 2 nitrogen and oxygen atoms in total. The molecule has 3 aliphatic carbocycles. The normalized spacial score (nSPS) is 14.1. The molecule has 0 amide bonds. The molecule has 0 aliphatic heterocycles. The Bertz CT molecular complexity index is 1050. The lowest BCUT2D eigenvalue weighted by Gasteiger charge is -2.27. The largest absolute Gasteiger partial charge is 1.00 e. The number of halogens is 1. The number of benzene rings is 3. The van der Waals surface area contributed by atoms with Crippen molar-refractivity contribution >= 4 is 29.1 Å². The van der Waals surface area contributed by atoms with Crippen molar-refractivity contribution in [1.29, 1.82) is 0 Å². The molecular weight excluding hydrogens is 502 g/mol. The van der Waals surface area contributed by atoms with Crippen molar-refractivity contribution in [2.75, 3.05) is 6.16 Å². The van der Waals surface area contributed by atoms with Crippen LogP contribution in [-0.4, -0.2) is 17.2 Å². The van der Waals surface area contributed by atoms with Gasteiger partial charge in [-0.3, -0.25) is 4.79 Å². The van der Waals surface area contributed by atoms with E-state index >= 15 is 0 Å². The van der Waals surface area contributed by atoms with E-state index in [9.17, 15) is 4.79 Å². The smallest absolute Gasteiger partial charge is 0.303 e. The maximum absolute atomic E-state index is 11.1. The van der Waals surface area contributed by atoms with Crippen LogP contribution in [0.25, 0.3) is 0 Å². The maximum atomic E-state index is 11.1. The van der Waals surface area contributed by atoms with Crippen molar-refractivity contribution in [2.24, 2.45) is 0 Å². The lowest BCUT2D eigenvalue weighted by Crippen LogP contribution is -3.00. The Kier molecular flexibility index (Phi) is 5.02. The maximum Gasteiger partial charge on any atom is 0.303 e. The van der Waals surface area contributed by atoms with Gasteiger partial charge in [0.1, 0.15) is 23.2 Å². The number of aliphatic carboxylic acids is 1. The van der Waals surface area contributed by atoms with Crippen LogP contribution in [0.15, 0.2) is 54.6 Å². The molecule has 0 fully saturated rings. The van der Waals surface area contributed by atoms with E-state index < -0.39 is 13.2 Å². The summed E-state index contributed by atoms with van der Waals surface area (Å²) in [5, 5.41) is 13.6. The molecule has 0 aromatic heterocycles. The van der Waals surface area contributed by atoms with Gasteiger partial charge < -0.3 is 29.1 Å². The Hall–Kier alpha value is -1.71. The molecule has 30 heavy (non-hydrogen) atoms. The van der Waals surface area contributed by atoms with Crippen LogP contribution >= 0.6 is 7.26 Å². The topological polar surface area (TPSA) is 37.3 Å². The van der Waals surface area contributed by atoms with Gasteiger partial charge in [0.25, 0.3) is 0 Å². The minimum absolute atomic E-state index is 0. The van der Waals surface area contributed by atoms with Gasteiger partial charge in [0, 0.05) is 6.42 Å². The molecule has 3 aromatic carbocycles. The monoisotopic (exact) mass is 526 g/mol. The van der Waals surface area contributed by atoms with Crippen molar-refractivity contribution in [2.45, 2.75) is 38.5 Å². The van der Waals surface area contributed by atoms with Gasteiger partial charge in [-0.15, -0.1) is 0 Å². The molecule has 0 radical (unpaired) electrons. The van der Waals surface area contributed by atoms with Gasteiger partial charge in [0.2, 0.25) is 0 Å². The summed E-state index contributed by atoms with van der Waals surface area (Å²) in [5.74, 6) is -0.687. The number of carboxylic acids is 1. The fourth-order valence-electron chi connectivity index (χ4n) is 4.82. The fourth-order valence-corrected chi connectivity index (χ4v) is 9.30. The standard InChI is InChI=1S/C26H23O2P.HI/c27-26(28)3-1-2-10-29(23-7-4-17-11-20(17)14-23,24-8-5-18-12-21(18)15-24)25-9-6-19-13-22(19)16-25;/h4-9,14-16H,1-3,10-13H2;1H. The average molecular weight is 526 g/mol. The van der Waals surface area contributed by atoms with Gasteiger partial charge >= 0.3 is 5.97 Å². The molecule has 0 atom stereocenters. The van der Waals surface area contributed by atoms with E-state index in [2.05, 4.69) is 54.6 Å². The lowest BCUT2D eigenvalue weighted by atomic mass is 10.2. The number of hydrogen-bond acceptors (Lipinski definition) is 1. The minimum Gasteiger partial charge on any atom is -1.00 e. The second-order valence-electron chi connectivity index (χ2n) is 8.77. The Morgan fingerprint density at radius 2 is 1.13 bits per heavy atom. The summed E-state index contributed by atoms with van der Waals surface area (Å²) in [7, 11) is -1.79. The van der Waals surface area contributed by atoms with Crippen LogP contribution < -0.4 is 39.9 Å². The molecule has 0 unspecified atom stereocenters. The third-order valence-corrected chi connectivity index (χ3v) is 11.3. The summed E-state index contributed by atoms with van der Waals surface area (Å²) in [5.41, 5.74) is 8.94. The Labute approximate surface area is 195 Å². The van der Waals surface area contributed by atoms with E-state index in [-0.39, 0.29) is 30.4 Å². The molecule has 3 aliphatic rings. The molecule has 0 saturated carbocycles. The summed E-state index contributed by atoms with van der Waals surface area (Å²) in [4.78, 5) is 11.1. The first-order valence-electron chi connectivity index (χ1n) is 10.6. The molecule has 3 aromatic rings. The van der Waals surface area contributed by atoms with Crippen molar-refractivity contribution in [3.63, 3.8) is 0 Å². The van der Waals surface area contributed by atoms with Gasteiger partial charge in [-0.25, -0.2) is 0 Å². The lowest BCUT2D eigenvalue weighted by molar-refractivity contribution is -0.137. The van der Waals surface area contributed by atoms with Gasteiger partial charge in [0.05, 0.1) is 6.16 Å². The molecule has 1 N–H and O–H groups in total. The van der Waals surface area contributed by atoms with E-state index in [0.717, 1.165) is 38.3 Å². The van der Waals surface area contributed by atoms with E-state index in [0.29, 0.717) is 0 Å². The molecule has 4 heteroatoms. The Morgan fingerprint density at radius 1 is 0.700 bits per heavy atom. The second-order valence-corrected chi connectivity index (χ2v) is 12.4. The molecule has 0 spiro atoms. The highest BCUT2D eigenvalue weighted by Gasteiger charge is 2.47. The quantitative estimate of drug-likeness (QED) is 0.182. The highest BCUT2D eigenvalue weighted by molar-refractivity contribution is 7.95. The summed E-state index contributed by atoms with van der Waals surface area (Å²) in [6, 6.07) is 21.4. The number of hydrogen-bond donors (Lipinski definition) is 1. The number of carbonyl (C=O) groups is 1. The third-order valence-electron chi connectivity index (χ3n) is 6.79. The fraction of sp³-hybridized carbons (Fsp3) is 0.269. The summed E-state index contributed by atoms with van der Waals surface area (Å²) < 4.78 is 0. The summed E-state index contributed by atoms with van der Waals surface area (Å²) in [6.45, 7) is 0. The third kappa shape index (κ3) is 3.50. The number of unbranched alkanes of at least 4 members (excludes halogenated alkanes) is 1. The predicted octanol–water partition coefficient (Wildman–Crippen LogP) is 0.952. The SMILES string of the molecule is O=C(O)CCCC[P+](c1ccc2c(c1)C2)(c1ccc2c(c1)C2)c1ccc2c(c1)C2.[I-]. The van der Waals surface area contributed by atoms with Crippen LogP contribution in [0.1, 0.15) is 52.6 Å². The van der Waals surface area contributed by atoms with E-state index in [4.69, 9.17) is 5.11 Å². The molecule has 152 valence electrons. The molecule has 0 saturated heterocycles. The predicted molar refractivity (Wildman–Crippen MR) is 120 cm³/mol. The van der Waals surface area contributed by atoms with Gasteiger partial charge in [-0.05, 0) is 102 Å². The van der Waals surface area contributed by atoms with Crippen LogP contribution in [0.4, 0.5) is 0 Å². The van der Waals surface area contributed by atoms with E-state index in [1.165, 1.54) is 49.3 Å². The van der Waals surface area contributed by atoms with Crippen LogP contribution in [-0.2, 0) is 24.1 Å². The van der Waals surface area contributed by atoms with Crippen molar-refractivity contribution in [1.82, 2.24) is 0 Å². The van der Waals surface area contributed by atoms with Gasteiger partial charge in [-0.2, -0.15) is 0 Å². The highest BCUT2D eigenvalue weighted by Crippen LogP contribution is 2.58. The average Bonchev–Trinajstić information content (AvgIpc) is 3.60. The first-order valence-corrected chi connectivity index (χ1v) is 12.6. The van der Waals surface area contributed by atoms with E-state index in [1.54, 1.807) is 0 Å². The van der Waals surface area contributed by atoms with Crippen molar-refractivity contribution in [3.05, 3.63) is 88.0 Å². The molecule has 6 rings (SSSR count). The van der Waals surface area contributed by atoms with Crippen LogP contribution in [0, 0.1) is 0 Å². The molecule has 0 bridgehead atoms. The Balaban J connectivity index is 0.00000193. The Morgan fingerprint density at radius 3 is 1.50 bits per heavy atom. The van der Waals surface area contributed by atoms with Crippen molar-refractivity contribution < 1.29 is 33.9 Å². The van der Waals surface area contributed by atoms with Gasteiger partial charge in [0.15, 0.2) is 0 Å². The van der Waals surface area contributed by atoms with Crippen LogP contribution in [0.5, 0.6) is 0 Å². The van der Waals surface area contributed by atoms with E-state index in [1.807, 2.05) is 0 Å². The molecule has 0 heterocycles. The number of rotatable bonds is 8. The zero-order valence-electron chi connectivity index (χ0n) is 16.8.